The zero-order valence-electron chi connectivity index (χ0n) is 22.3. The monoisotopic (exact) mass is 532 g/mol. The normalized spacial score (nSPS) is 24.1. The third kappa shape index (κ3) is 5.51. The van der Waals surface area contributed by atoms with E-state index >= 15 is 0 Å². The fraction of sp³-hybridized carbons (Fsp3) is 0.500. The predicted octanol–water partition coefficient (Wildman–Crippen LogP) is 2.72. The second kappa shape index (κ2) is 11.4. The fourth-order valence-electron chi connectivity index (χ4n) is 6.27. The van der Waals surface area contributed by atoms with Crippen LogP contribution in [-0.2, 0) is 27.4 Å². The number of carbonyl (C=O) groups is 3. The summed E-state index contributed by atoms with van der Waals surface area (Å²) in [7, 11) is 0. The molecule has 0 spiro atoms. The van der Waals surface area contributed by atoms with E-state index in [0.29, 0.717) is 31.2 Å². The molecule has 0 bridgehead atoms. The van der Waals surface area contributed by atoms with Crippen LogP contribution in [0.15, 0.2) is 42.5 Å². The van der Waals surface area contributed by atoms with Crippen molar-refractivity contribution in [3.63, 3.8) is 0 Å². The molecule has 0 aromatic heterocycles. The molecule has 3 fully saturated rings. The van der Waals surface area contributed by atoms with Gasteiger partial charge in [0, 0.05) is 49.9 Å². The van der Waals surface area contributed by atoms with Crippen molar-refractivity contribution in [3.05, 3.63) is 59.2 Å². The van der Waals surface area contributed by atoms with E-state index in [0.717, 1.165) is 57.1 Å². The van der Waals surface area contributed by atoms with Crippen LogP contribution in [0.25, 0.3) is 0 Å². The highest BCUT2D eigenvalue weighted by Gasteiger charge is 2.39. The Bertz CT molecular complexity index is 1240. The van der Waals surface area contributed by atoms with Crippen LogP contribution in [0.4, 0.5) is 5.69 Å². The average Bonchev–Trinajstić information content (AvgIpc) is 3.28. The molecule has 9 heteroatoms. The van der Waals surface area contributed by atoms with E-state index < -0.39 is 11.9 Å². The van der Waals surface area contributed by atoms with Crippen LogP contribution in [0.1, 0.15) is 53.6 Å². The summed E-state index contributed by atoms with van der Waals surface area (Å²) < 4.78 is 11.9. The van der Waals surface area contributed by atoms with Crippen LogP contribution in [0.3, 0.4) is 0 Å². The number of hydrogen-bond acceptors (Lipinski definition) is 7. The van der Waals surface area contributed by atoms with Crippen LogP contribution in [0.5, 0.6) is 5.75 Å². The minimum Gasteiger partial charge on any atom is -0.492 e. The van der Waals surface area contributed by atoms with E-state index in [4.69, 9.17) is 9.47 Å². The summed E-state index contributed by atoms with van der Waals surface area (Å²) in [5, 5.41) is 2.36. The molecule has 2 atom stereocenters. The number of amides is 3. The summed E-state index contributed by atoms with van der Waals surface area (Å²) in [6.45, 7) is 6.26. The van der Waals surface area contributed by atoms with E-state index in [9.17, 15) is 14.4 Å². The molecule has 3 saturated heterocycles. The molecule has 2 aromatic rings. The molecular formula is C30H36N4O5. The maximum Gasteiger partial charge on any atom is 0.255 e. The van der Waals surface area contributed by atoms with Crippen molar-refractivity contribution < 1.29 is 23.9 Å². The Morgan fingerprint density at radius 3 is 2.67 bits per heavy atom. The maximum absolute atomic E-state index is 13.0. The van der Waals surface area contributed by atoms with Gasteiger partial charge in [0.05, 0.1) is 13.2 Å². The van der Waals surface area contributed by atoms with Crippen molar-refractivity contribution in [2.24, 2.45) is 0 Å². The predicted molar refractivity (Wildman–Crippen MR) is 146 cm³/mol. The first kappa shape index (κ1) is 25.8. The van der Waals surface area contributed by atoms with E-state index in [1.54, 1.807) is 11.0 Å². The van der Waals surface area contributed by atoms with Crippen LogP contribution >= 0.6 is 0 Å². The summed E-state index contributed by atoms with van der Waals surface area (Å²) in [6.07, 6.45) is 4.08. The van der Waals surface area contributed by atoms with Crippen LogP contribution in [0.2, 0.25) is 0 Å². The van der Waals surface area contributed by atoms with Crippen molar-refractivity contribution in [1.29, 1.82) is 0 Å². The zero-order chi connectivity index (χ0) is 26.8. The number of ether oxygens (including phenoxy) is 2. The number of imide groups is 1. The summed E-state index contributed by atoms with van der Waals surface area (Å²) in [5.74, 6) is -0.0942. The third-order valence-electron chi connectivity index (χ3n) is 8.40. The van der Waals surface area contributed by atoms with Crippen molar-refractivity contribution in [1.82, 2.24) is 15.1 Å². The van der Waals surface area contributed by atoms with E-state index in [1.165, 1.54) is 24.1 Å². The molecule has 9 nitrogen and oxygen atoms in total. The molecule has 3 amide bonds. The number of anilines is 1. The van der Waals surface area contributed by atoms with Crippen LogP contribution in [-0.4, -0.2) is 79.1 Å². The summed E-state index contributed by atoms with van der Waals surface area (Å²) in [5.41, 5.74) is 4.11. The van der Waals surface area contributed by atoms with Crippen LogP contribution < -0.4 is 15.0 Å². The molecule has 2 unspecified atom stereocenters. The van der Waals surface area contributed by atoms with Gasteiger partial charge in [0.1, 0.15) is 18.4 Å². The molecule has 1 N–H and O–H groups in total. The van der Waals surface area contributed by atoms with Gasteiger partial charge in [0.2, 0.25) is 11.8 Å². The first-order chi connectivity index (χ1) is 19.1. The first-order valence-electron chi connectivity index (χ1n) is 14.1. The highest BCUT2D eigenvalue weighted by molar-refractivity contribution is 6.05. The molecule has 0 saturated carbocycles. The molecule has 206 valence electrons. The maximum atomic E-state index is 13.0. The van der Waals surface area contributed by atoms with Crippen LogP contribution in [0, 0.1) is 0 Å². The standard InChI is InChI=1S/C30H36N4O5/c35-28-11-10-27(29(36)31-28)34-19-22-17-24(8-9-25(22)30(34)37)39-20-23-6-3-4-12-33(23)18-21-5-1-2-7-26(21)32-13-15-38-16-14-32/h1-2,5,7-9,17,23,27H,3-4,6,10-16,18-20H2,(H,31,35,36). The van der Waals surface area contributed by atoms with Gasteiger partial charge in [-0.3, -0.25) is 24.6 Å². The lowest BCUT2D eigenvalue weighted by Gasteiger charge is -2.37. The minimum absolute atomic E-state index is 0.163. The lowest BCUT2D eigenvalue weighted by Crippen LogP contribution is -2.52. The number of benzene rings is 2. The largest absolute Gasteiger partial charge is 0.492 e. The number of piperidine rings is 2. The zero-order valence-corrected chi connectivity index (χ0v) is 22.3. The highest BCUT2D eigenvalue weighted by Crippen LogP contribution is 2.31. The second-order valence-electron chi connectivity index (χ2n) is 10.9. The van der Waals surface area contributed by atoms with Gasteiger partial charge >= 0.3 is 0 Å². The Labute approximate surface area is 229 Å². The molecule has 4 aliphatic rings. The number of hydrogen-bond donors (Lipinski definition) is 1. The topological polar surface area (TPSA) is 91.4 Å². The molecule has 0 aliphatic carbocycles. The molecule has 0 radical (unpaired) electrons. The number of nitrogens with one attached hydrogen (secondary N) is 1. The van der Waals surface area contributed by atoms with Crippen molar-refractivity contribution in [2.75, 3.05) is 44.4 Å². The molecule has 6 rings (SSSR count). The number of likely N-dealkylation sites (tertiary alicyclic amines) is 1. The molecular weight excluding hydrogens is 496 g/mol. The SMILES string of the molecule is O=C1CCC(N2Cc3cc(OCC4CCCCN4Cc4ccccc4N4CCOCC4)ccc3C2=O)C(=O)N1. The van der Waals surface area contributed by atoms with Gasteiger partial charge < -0.3 is 19.3 Å². The third-order valence-corrected chi connectivity index (χ3v) is 8.40. The van der Waals surface area contributed by atoms with Gasteiger partial charge in [-0.2, -0.15) is 0 Å². The molecule has 4 heterocycles. The fourth-order valence-corrected chi connectivity index (χ4v) is 6.27. The Morgan fingerprint density at radius 1 is 0.974 bits per heavy atom. The highest BCUT2D eigenvalue weighted by atomic mass is 16.5. The Balaban J connectivity index is 1.10. The van der Waals surface area contributed by atoms with Gasteiger partial charge in [-0.15, -0.1) is 0 Å². The number of para-hydroxylation sites is 1. The average molecular weight is 533 g/mol. The van der Waals surface area contributed by atoms with Crippen molar-refractivity contribution in [3.8, 4) is 5.75 Å². The van der Waals surface area contributed by atoms with E-state index in [1.807, 2.05) is 12.1 Å². The number of carbonyl (C=O) groups excluding carboxylic acids is 3. The molecule has 2 aromatic carbocycles. The number of fused-ring (bicyclic) bond motifs is 1. The van der Waals surface area contributed by atoms with Gasteiger partial charge in [-0.25, -0.2) is 0 Å². The summed E-state index contributed by atoms with van der Waals surface area (Å²) in [4.78, 5) is 43.4. The van der Waals surface area contributed by atoms with Crippen molar-refractivity contribution in [2.45, 2.75) is 57.3 Å². The Kier molecular flexibility index (Phi) is 7.52. The smallest absolute Gasteiger partial charge is 0.255 e. The van der Waals surface area contributed by atoms with Crippen molar-refractivity contribution >= 4 is 23.4 Å². The Hall–Kier alpha value is -3.43. The number of nitrogens with zero attached hydrogens (tertiary/aromatic N) is 3. The lowest BCUT2D eigenvalue weighted by atomic mass is 10.0. The Morgan fingerprint density at radius 2 is 1.82 bits per heavy atom. The van der Waals surface area contributed by atoms with Gasteiger partial charge in [-0.05, 0) is 61.2 Å². The van der Waals surface area contributed by atoms with Gasteiger partial charge in [-0.1, -0.05) is 24.6 Å². The number of rotatable bonds is 7. The first-order valence-corrected chi connectivity index (χ1v) is 14.1. The van der Waals surface area contributed by atoms with E-state index in [-0.39, 0.29) is 18.2 Å². The minimum atomic E-state index is -0.608. The lowest BCUT2D eigenvalue weighted by molar-refractivity contribution is -0.136. The second-order valence-corrected chi connectivity index (χ2v) is 10.9. The molecule has 4 aliphatic heterocycles. The van der Waals surface area contributed by atoms with Gasteiger partial charge in [0.25, 0.3) is 5.91 Å². The van der Waals surface area contributed by atoms with E-state index in [2.05, 4.69) is 39.4 Å². The summed E-state index contributed by atoms with van der Waals surface area (Å²) in [6, 6.07) is 14.0. The number of morpholine rings is 1. The van der Waals surface area contributed by atoms with Gasteiger partial charge in [0.15, 0.2) is 0 Å². The quantitative estimate of drug-likeness (QED) is 0.549. The molecule has 39 heavy (non-hydrogen) atoms. The summed E-state index contributed by atoms with van der Waals surface area (Å²) >= 11 is 0.